The summed E-state index contributed by atoms with van der Waals surface area (Å²) < 4.78 is 5.69. The summed E-state index contributed by atoms with van der Waals surface area (Å²) in [6, 6.07) is -0.190. The quantitative estimate of drug-likeness (QED) is 0.699. The molecular formula is C15H29N3O2. The van der Waals surface area contributed by atoms with Crippen LogP contribution in [0.2, 0.25) is 0 Å². The molecule has 0 saturated carbocycles. The van der Waals surface area contributed by atoms with E-state index in [2.05, 4.69) is 23.8 Å². The smallest absolute Gasteiger partial charge is 0.239 e. The lowest BCUT2D eigenvalue weighted by Crippen LogP contribution is -2.50. The number of hydrogen-bond donors (Lipinski definition) is 1. The van der Waals surface area contributed by atoms with E-state index in [1.54, 1.807) is 0 Å². The van der Waals surface area contributed by atoms with Crippen molar-refractivity contribution < 1.29 is 9.53 Å². The number of hydrogen-bond acceptors (Lipinski definition) is 4. The summed E-state index contributed by atoms with van der Waals surface area (Å²) in [5.41, 5.74) is 1.00. The van der Waals surface area contributed by atoms with E-state index in [-0.39, 0.29) is 18.1 Å². The Balaban J connectivity index is 2.38. The number of carbonyl (C=O) groups is 1. The zero-order chi connectivity index (χ0) is 15.1. The number of morpholine rings is 1. The predicted molar refractivity (Wildman–Crippen MR) is 81.8 cm³/mol. The number of nitrogens with one attached hydrogen (secondary N) is 1. The largest absolute Gasteiger partial charge is 0.374 e. The van der Waals surface area contributed by atoms with E-state index < -0.39 is 0 Å². The second kappa shape index (κ2) is 8.39. The predicted octanol–water partition coefficient (Wildman–Crippen LogP) is 0.720. The molecule has 2 atom stereocenters. The molecule has 1 heterocycles. The third-order valence-electron chi connectivity index (χ3n) is 3.52. The minimum atomic E-state index is -0.190. The van der Waals surface area contributed by atoms with Crippen LogP contribution in [-0.4, -0.2) is 74.2 Å². The molecule has 0 spiro atoms. The van der Waals surface area contributed by atoms with Gasteiger partial charge in [0.1, 0.15) is 0 Å². The van der Waals surface area contributed by atoms with Gasteiger partial charge in [0.2, 0.25) is 5.91 Å². The van der Waals surface area contributed by atoms with Gasteiger partial charge in [0.25, 0.3) is 0 Å². The van der Waals surface area contributed by atoms with E-state index in [4.69, 9.17) is 4.74 Å². The van der Waals surface area contributed by atoms with Crippen molar-refractivity contribution in [2.75, 3.05) is 46.4 Å². The van der Waals surface area contributed by atoms with Crippen molar-refractivity contribution in [3.63, 3.8) is 0 Å². The molecule has 0 aromatic carbocycles. The van der Waals surface area contributed by atoms with Gasteiger partial charge in [0.15, 0.2) is 0 Å². The maximum absolute atomic E-state index is 12.3. The van der Waals surface area contributed by atoms with Gasteiger partial charge in [-0.25, -0.2) is 0 Å². The number of ether oxygens (including phenoxy) is 1. The molecule has 0 aromatic rings. The van der Waals surface area contributed by atoms with Crippen LogP contribution in [0, 0.1) is 0 Å². The van der Waals surface area contributed by atoms with Crippen LogP contribution in [0.1, 0.15) is 20.8 Å². The number of rotatable bonds is 7. The Morgan fingerprint density at radius 3 is 2.85 bits per heavy atom. The molecule has 1 aliphatic heterocycles. The Hall–Kier alpha value is -0.910. The molecule has 1 amide bonds. The molecule has 1 saturated heterocycles. The van der Waals surface area contributed by atoms with Gasteiger partial charge in [-0.15, -0.1) is 0 Å². The summed E-state index contributed by atoms with van der Waals surface area (Å²) in [7, 11) is 2.09. The molecular weight excluding hydrogens is 254 g/mol. The molecule has 116 valence electrons. The molecule has 1 N–H and O–H groups in total. The molecule has 1 rings (SSSR count). The SMILES string of the molecule is C=C(C)CN(CC)C(=O)[C@@H](C)NC[C@H]1CN(C)CCO1. The second-order valence-electron chi connectivity index (χ2n) is 5.69. The van der Waals surface area contributed by atoms with Crippen LogP contribution >= 0.6 is 0 Å². The highest BCUT2D eigenvalue weighted by molar-refractivity contribution is 5.81. The molecule has 0 aliphatic carbocycles. The second-order valence-corrected chi connectivity index (χ2v) is 5.69. The molecule has 0 aromatic heterocycles. The average molecular weight is 283 g/mol. The van der Waals surface area contributed by atoms with Crippen LogP contribution in [0.25, 0.3) is 0 Å². The summed E-state index contributed by atoms with van der Waals surface area (Å²) in [6.07, 6.45) is 0.167. The van der Waals surface area contributed by atoms with E-state index >= 15 is 0 Å². The molecule has 1 fully saturated rings. The molecule has 0 radical (unpaired) electrons. The highest BCUT2D eigenvalue weighted by Gasteiger charge is 2.22. The Morgan fingerprint density at radius 2 is 2.30 bits per heavy atom. The van der Waals surface area contributed by atoms with Crippen molar-refractivity contribution in [2.24, 2.45) is 0 Å². The van der Waals surface area contributed by atoms with Gasteiger partial charge < -0.3 is 19.9 Å². The van der Waals surface area contributed by atoms with E-state index in [1.165, 1.54) is 0 Å². The third-order valence-corrected chi connectivity index (χ3v) is 3.52. The van der Waals surface area contributed by atoms with Crippen LogP contribution < -0.4 is 5.32 Å². The lowest BCUT2D eigenvalue weighted by molar-refractivity contribution is -0.132. The van der Waals surface area contributed by atoms with Crippen molar-refractivity contribution in [1.29, 1.82) is 0 Å². The standard InChI is InChI=1S/C15H29N3O2/c1-6-18(10-12(2)3)15(19)13(4)16-9-14-11-17(5)7-8-20-14/h13-14,16H,2,6-11H2,1,3-5H3/t13-,14+/m1/s1. The Morgan fingerprint density at radius 1 is 1.60 bits per heavy atom. The number of carbonyl (C=O) groups excluding carboxylic acids is 1. The van der Waals surface area contributed by atoms with Crippen molar-refractivity contribution in [3.05, 3.63) is 12.2 Å². The van der Waals surface area contributed by atoms with Gasteiger partial charge >= 0.3 is 0 Å². The highest BCUT2D eigenvalue weighted by atomic mass is 16.5. The molecule has 0 unspecified atom stereocenters. The fourth-order valence-electron chi connectivity index (χ4n) is 2.33. The molecule has 1 aliphatic rings. The lowest BCUT2D eigenvalue weighted by atomic mass is 10.2. The summed E-state index contributed by atoms with van der Waals surface area (Å²) in [6.45, 7) is 14.4. The molecule has 20 heavy (non-hydrogen) atoms. The number of likely N-dealkylation sites (N-methyl/N-ethyl adjacent to an activating group) is 2. The summed E-state index contributed by atoms with van der Waals surface area (Å²) in [4.78, 5) is 16.4. The fraction of sp³-hybridized carbons (Fsp3) is 0.800. The monoisotopic (exact) mass is 283 g/mol. The first-order chi connectivity index (χ1) is 9.43. The van der Waals surface area contributed by atoms with Crippen molar-refractivity contribution >= 4 is 5.91 Å². The fourth-order valence-corrected chi connectivity index (χ4v) is 2.33. The van der Waals surface area contributed by atoms with Crippen molar-refractivity contribution in [3.8, 4) is 0 Å². The highest BCUT2D eigenvalue weighted by Crippen LogP contribution is 2.04. The Bertz CT molecular complexity index is 333. The van der Waals surface area contributed by atoms with E-state index in [1.807, 2.05) is 25.7 Å². The zero-order valence-electron chi connectivity index (χ0n) is 13.3. The van der Waals surface area contributed by atoms with Crippen LogP contribution in [-0.2, 0) is 9.53 Å². The molecule has 0 bridgehead atoms. The van der Waals surface area contributed by atoms with Crippen LogP contribution in [0.4, 0.5) is 0 Å². The van der Waals surface area contributed by atoms with Gasteiger partial charge in [-0.1, -0.05) is 12.2 Å². The normalized spacial score (nSPS) is 21.5. The lowest BCUT2D eigenvalue weighted by Gasteiger charge is -2.31. The average Bonchev–Trinajstić information content (AvgIpc) is 2.41. The van der Waals surface area contributed by atoms with E-state index in [0.29, 0.717) is 19.6 Å². The third kappa shape index (κ3) is 5.61. The van der Waals surface area contributed by atoms with Crippen LogP contribution in [0.15, 0.2) is 12.2 Å². The summed E-state index contributed by atoms with van der Waals surface area (Å²) in [5, 5.41) is 3.29. The Labute approximate surface area is 122 Å². The van der Waals surface area contributed by atoms with Gasteiger partial charge in [-0.05, 0) is 27.8 Å². The number of nitrogens with zero attached hydrogens (tertiary/aromatic N) is 2. The topological polar surface area (TPSA) is 44.8 Å². The maximum Gasteiger partial charge on any atom is 0.239 e. The van der Waals surface area contributed by atoms with Crippen molar-refractivity contribution in [2.45, 2.75) is 32.9 Å². The van der Waals surface area contributed by atoms with Crippen LogP contribution in [0.3, 0.4) is 0 Å². The van der Waals surface area contributed by atoms with Gasteiger partial charge in [0, 0.05) is 32.7 Å². The van der Waals surface area contributed by atoms with Crippen LogP contribution in [0.5, 0.6) is 0 Å². The van der Waals surface area contributed by atoms with Gasteiger partial charge in [-0.3, -0.25) is 4.79 Å². The molecule has 5 nitrogen and oxygen atoms in total. The Kier molecular flexibility index (Phi) is 7.19. The molecule has 5 heteroatoms. The van der Waals surface area contributed by atoms with E-state index in [9.17, 15) is 4.79 Å². The first-order valence-corrected chi connectivity index (χ1v) is 7.40. The van der Waals surface area contributed by atoms with Gasteiger partial charge in [-0.2, -0.15) is 0 Å². The maximum atomic E-state index is 12.3. The zero-order valence-corrected chi connectivity index (χ0v) is 13.3. The minimum absolute atomic E-state index is 0.125. The van der Waals surface area contributed by atoms with Gasteiger partial charge in [0.05, 0.1) is 18.8 Å². The van der Waals surface area contributed by atoms with Crippen molar-refractivity contribution in [1.82, 2.24) is 15.1 Å². The number of amides is 1. The minimum Gasteiger partial charge on any atom is -0.374 e. The van der Waals surface area contributed by atoms with E-state index in [0.717, 1.165) is 25.3 Å². The first-order valence-electron chi connectivity index (χ1n) is 7.40. The summed E-state index contributed by atoms with van der Waals surface area (Å²) in [5.74, 6) is 0.125. The first kappa shape index (κ1) is 17.1. The summed E-state index contributed by atoms with van der Waals surface area (Å²) >= 11 is 0.